The summed E-state index contributed by atoms with van der Waals surface area (Å²) < 4.78 is 17.2. The van der Waals surface area contributed by atoms with Crippen LogP contribution in [-0.2, 0) is 6.54 Å². The Labute approximate surface area is 193 Å². The predicted molar refractivity (Wildman–Crippen MR) is 130 cm³/mol. The highest BCUT2D eigenvalue weighted by Gasteiger charge is 2.15. The number of rotatable bonds is 9. The summed E-state index contributed by atoms with van der Waals surface area (Å²) in [5.41, 5.74) is 4.97. The first-order valence-corrected chi connectivity index (χ1v) is 12.6. The van der Waals surface area contributed by atoms with Gasteiger partial charge in [-0.05, 0) is 62.7 Å². The standard InChI is InChI=1S/C24H33N6OS/c1-19-10-11-21(17-27-19)23-24(29-32(25-2)28-23)26-12-7-15-31-22-9-6-8-20(16-22)18-30-13-4-3-5-14-30/h6,8-11,16-17,25H,3-5,7,12-15,18H2,1-2H3,(H,26,29)/q+1. The zero-order valence-electron chi connectivity index (χ0n) is 19.0. The molecule has 1 saturated heterocycles. The molecular formula is C24H33N6OS+. The monoisotopic (exact) mass is 453 g/mol. The molecular weight excluding hydrogens is 420 g/mol. The third kappa shape index (κ3) is 6.25. The Balaban J connectivity index is 1.32. The Kier molecular flexibility index (Phi) is 8.03. The second-order valence-corrected chi connectivity index (χ2v) is 9.50. The Morgan fingerprint density at radius 2 is 2.06 bits per heavy atom. The third-order valence-corrected chi connectivity index (χ3v) is 6.71. The van der Waals surface area contributed by atoms with E-state index >= 15 is 0 Å². The molecule has 0 bridgehead atoms. The number of likely N-dealkylation sites (tertiary alicyclic amines) is 1. The fourth-order valence-electron chi connectivity index (χ4n) is 3.85. The molecule has 170 valence electrons. The number of ether oxygens (including phenoxy) is 1. The summed E-state index contributed by atoms with van der Waals surface area (Å²) in [6.07, 6.45) is 6.69. The summed E-state index contributed by atoms with van der Waals surface area (Å²) in [5, 5.41) is 0. The molecule has 0 spiro atoms. The van der Waals surface area contributed by atoms with Crippen LogP contribution in [-0.4, -0.2) is 51.9 Å². The van der Waals surface area contributed by atoms with E-state index in [-0.39, 0.29) is 0 Å². The van der Waals surface area contributed by atoms with Crippen LogP contribution in [0.1, 0.15) is 36.9 Å². The first kappa shape index (κ1) is 22.6. The van der Waals surface area contributed by atoms with Crippen molar-refractivity contribution in [3.63, 3.8) is 0 Å². The van der Waals surface area contributed by atoms with E-state index in [1.165, 1.54) is 37.9 Å². The van der Waals surface area contributed by atoms with Gasteiger partial charge in [0.25, 0.3) is 11.0 Å². The van der Waals surface area contributed by atoms with Crippen molar-refractivity contribution in [3.05, 3.63) is 59.3 Å². The molecule has 2 N–H and O–H groups in total. The molecule has 1 fully saturated rings. The number of aromatic amines is 1. The van der Waals surface area contributed by atoms with E-state index in [0.29, 0.717) is 13.2 Å². The molecule has 7 nitrogen and oxygen atoms in total. The van der Waals surface area contributed by atoms with Gasteiger partial charge in [-0.15, -0.1) is 4.37 Å². The van der Waals surface area contributed by atoms with Crippen molar-refractivity contribution in [2.75, 3.05) is 38.0 Å². The fraction of sp³-hybridized carbons (Fsp3) is 0.458. The minimum atomic E-state index is -0.449. The summed E-state index contributed by atoms with van der Waals surface area (Å²) in [5.74, 6) is 0.941. The molecule has 1 aliphatic rings. The zero-order valence-corrected chi connectivity index (χ0v) is 19.8. The van der Waals surface area contributed by atoms with Crippen molar-refractivity contribution < 1.29 is 4.74 Å². The maximum absolute atomic E-state index is 6.01. The van der Waals surface area contributed by atoms with E-state index in [9.17, 15) is 0 Å². The van der Waals surface area contributed by atoms with Gasteiger partial charge in [-0.3, -0.25) is 14.9 Å². The SMILES string of the molecule is CN[s+]1nc(-c2ccc(C)nc2)c(=NCCCOc2cccc(CN3CCCCC3)c2)[nH]1. The first-order chi connectivity index (χ1) is 15.7. The number of benzene rings is 1. The molecule has 8 heteroatoms. The lowest BCUT2D eigenvalue weighted by Gasteiger charge is -2.26. The van der Waals surface area contributed by atoms with E-state index in [1.807, 2.05) is 38.4 Å². The largest absolute Gasteiger partial charge is 0.494 e. The molecule has 1 aromatic carbocycles. The number of pyridine rings is 1. The van der Waals surface area contributed by atoms with Crippen LogP contribution in [0.25, 0.3) is 11.3 Å². The van der Waals surface area contributed by atoms with Crippen LogP contribution in [0.4, 0.5) is 0 Å². The van der Waals surface area contributed by atoms with Gasteiger partial charge >= 0.3 is 0 Å². The number of nitrogens with one attached hydrogen (secondary N) is 2. The summed E-state index contributed by atoms with van der Waals surface area (Å²) in [7, 11) is 1.89. The van der Waals surface area contributed by atoms with E-state index < -0.39 is 11.0 Å². The molecule has 3 aromatic rings. The van der Waals surface area contributed by atoms with Crippen LogP contribution in [0, 0.1) is 6.92 Å². The topological polar surface area (TPSA) is 78.4 Å². The number of piperidine rings is 1. The van der Waals surface area contributed by atoms with Gasteiger partial charge in [0.15, 0.2) is 5.69 Å². The number of aromatic nitrogens is 3. The van der Waals surface area contributed by atoms with Crippen molar-refractivity contribution in [2.45, 2.75) is 39.2 Å². The van der Waals surface area contributed by atoms with Crippen molar-refractivity contribution in [1.29, 1.82) is 0 Å². The summed E-state index contributed by atoms with van der Waals surface area (Å²) >= 11 is -0.449. The number of hydrogen-bond acceptors (Lipinski definition) is 6. The number of aryl methyl sites for hydroxylation is 1. The van der Waals surface area contributed by atoms with Gasteiger partial charge in [0, 0.05) is 48.4 Å². The van der Waals surface area contributed by atoms with Gasteiger partial charge in [0.05, 0.1) is 6.61 Å². The van der Waals surface area contributed by atoms with E-state index in [1.54, 1.807) is 0 Å². The summed E-state index contributed by atoms with van der Waals surface area (Å²) in [6.45, 7) is 6.72. The lowest BCUT2D eigenvalue weighted by Crippen LogP contribution is -2.29. The predicted octanol–water partition coefficient (Wildman–Crippen LogP) is 4.06. The molecule has 0 radical (unpaired) electrons. The second kappa shape index (κ2) is 11.4. The number of hydrogen-bond donors (Lipinski definition) is 2. The third-order valence-electron chi connectivity index (χ3n) is 5.57. The average Bonchev–Trinajstić information content (AvgIpc) is 3.23. The smallest absolute Gasteiger partial charge is 0.280 e. The van der Waals surface area contributed by atoms with Crippen LogP contribution in [0.5, 0.6) is 5.75 Å². The van der Waals surface area contributed by atoms with Crippen molar-refractivity contribution in [2.24, 2.45) is 4.99 Å². The highest BCUT2D eigenvalue weighted by molar-refractivity contribution is 7.22. The maximum Gasteiger partial charge on any atom is 0.280 e. The molecule has 32 heavy (non-hydrogen) atoms. The lowest BCUT2D eigenvalue weighted by atomic mass is 10.1. The van der Waals surface area contributed by atoms with E-state index in [0.717, 1.165) is 41.2 Å². The molecule has 4 rings (SSSR count). The molecule has 0 saturated carbocycles. The Bertz CT molecular complexity index is 1050. The van der Waals surface area contributed by atoms with Crippen LogP contribution in [0.15, 0.2) is 47.6 Å². The van der Waals surface area contributed by atoms with Gasteiger partial charge in [0.1, 0.15) is 5.75 Å². The van der Waals surface area contributed by atoms with Gasteiger partial charge in [-0.2, -0.15) is 0 Å². The van der Waals surface area contributed by atoms with Crippen LogP contribution in [0.3, 0.4) is 0 Å². The molecule has 1 unspecified atom stereocenters. The molecule has 1 atom stereocenters. The molecule has 3 heterocycles. The van der Waals surface area contributed by atoms with Crippen molar-refractivity contribution in [1.82, 2.24) is 18.6 Å². The minimum Gasteiger partial charge on any atom is -0.494 e. The fourth-order valence-corrected chi connectivity index (χ4v) is 4.81. The summed E-state index contributed by atoms with van der Waals surface area (Å²) in [6, 6.07) is 12.5. The normalized spacial score (nSPS) is 15.8. The zero-order chi connectivity index (χ0) is 22.2. The average molecular weight is 454 g/mol. The Hall–Kier alpha value is -2.55. The number of nitrogens with zero attached hydrogens (tertiary/aromatic N) is 4. The highest BCUT2D eigenvalue weighted by Crippen LogP contribution is 2.18. The van der Waals surface area contributed by atoms with Crippen LogP contribution in [0.2, 0.25) is 0 Å². The van der Waals surface area contributed by atoms with Gasteiger partial charge in [-0.1, -0.05) is 23.3 Å². The maximum atomic E-state index is 6.01. The molecule has 1 aliphatic heterocycles. The quantitative estimate of drug-likeness (QED) is 0.377. The van der Waals surface area contributed by atoms with Crippen molar-refractivity contribution in [3.8, 4) is 17.0 Å². The lowest BCUT2D eigenvalue weighted by molar-refractivity contribution is 0.220. The van der Waals surface area contributed by atoms with Gasteiger partial charge < -0.3 is 4.74 Å². The molecule has 0 amide bonds. The van der Waals surface area contributed by atoms with E-state index in [4.69, 9.17) is 14.1 Å². The number of H-pyrrole nitrogens is 1. The highest BCUT2D eigenvalue weighted by atomic mass is 32.2. The summed E-state index contributed by atoms with van der Waals surface area (Å²) in [4.78, 5) is 11.7. The molecule has 0 aliphatic carbocycles. The minimum absolute atomic E-state index is 0.449. The first-order valence-electron chi connectivity index (χ1n) is 11.4. The Morgan fingerprint density at radius 1 is 1.19 bits per heavy atom. The second-order valence-electron chi connectivity index (χ2n) is 8.14. The van der Waals surface area contributed by atoms with Crippen LogP contribution >= 0.6 is 11.0 Å². The van der Waals surface area contributed by atoms with Crippen LogP contribution < -0.4 is 14.9 Å². The van der Waals surface area contributed by atoms with Crippen molar-refractivity contribution >= 4 is 11.0 Å². The van der Waals surface area contributed by atoms with Gasteiger partial charge in [-0.25, -0.2) is 0 Å². The Morgan fingerprint density at radius 3 is 2.84 bits per heavy atom. The van der Waals surface area contributed by atoms with Gasteiger partial charge in [0.2, 0.25) is 5.49 Å². The van der Waals surface area contributed by atoms with E-state index in [2.05, 4.69) is 37.2 Å². The molecule has 2 aromatic heterocycles.